The number of ether oxygens (including phenoxy) is 1. The van der Waals surface area contributed by atoms with Gasteiger partial charge in [0.15, 0.2) is 6.61 Å². The number of nitrogens with one attached hydrogen (secondary N) is 2. The zero-order valence-corrected chi connectivity index (χ0v) is 8.96. The van der Waals surface area contributed by atoms with Gasteiger partial charge in [0, 0.05) is 13.5 Å². The van der Waals surface area contributed by atoms with Gasteiger partial charge in [0.2, 0.25) is 5.91 Å². The van der Waals surface area contributed by atoms with Crippen LogP contribution in [0.4, 0.5) is 0 Å². The number of carbonyl (C=O) groups excluding carboxylic acids is 3. The first-order chi connectivity index (χ1) is 7.06. The van der Waals surface area contributed by atoms with Crippen LogP contribution in [-0.4, -0.2) is 37.5 Å². The van der Waals surface area contributed by atoms with Crippen molar-refractivity contribution in [2.24, 2.45) is 0 Å². The summed E-state index contributed by atoms with van der Waals surface area (Å²) >= 11 is 0. The van der Waals surface area contributed by atoms with Crippen molar-refractivity contribution in [3.8, 4) is 0 Å². The lowest BCUT2D eigenvalue weighted by atomic mass is 10.5. The summed E-state index contributed by atoms with van der Waals surface area (Å²) in [5, 5.41) is 4.82. The summed E-state index contributed by atoms with van der Waals surface area (Å²) in [7, 11) is 0. The Morgan fingerprint density at radius 2 is 1.87 bits per heavy atom. The third-order valence-electron chi connectivity index (χ3n) is 1.42. The van der Waals surface area contributed by atoms with Crippen LogP contribution in [0.1, 0.15) is 20.3 Å². The van der Waals surface area contributed by atoms with Crippen molar-refractivity contribution in [3.63, 3.8) is 0 Å². The molecule has 0 aromatic rings. The van der Waals surface area contributed by atoms with Gasteiger partial charge in [-0.25, -0.2) is 0 Å². The highest BCUT2D eigenvalue weighted by atomic mass is 16.5. The number of hydrogen-bond donors (Lipinski definition) is 2. The van der Waals surface area contributed by atoms with Crippen molar-refractivity contribution in [1.29, 1.82) is 0 Å². The fourth-order valence-corrected chi connectivity index (χ4v) is 0.709. The molecule has 0 heterocycles. The predicted octanol–water partition coefficient (Wildman–Crippen LogP) is -0.808. The Morgan fingerprint density at radius 3 is 2.40 bits per heavy atom. The van der Waals surface area contributed by atoms with Crippen LogP contribution in [0.2, 0.25) is 0 Å². The maximum Gasteiger partial charge on any atom is 0.325 e. The normalized spacial score (nSPS) is 9.20. The molecule has 0 radical (unpaired) electrons. The number of carbonyl (C=O) groups is 3. The molecule has 0 aliphatic rings. The quantitative estimate of drug-likeness (QED) is 0.569. The maximum atomic E-state index is 11.0. The van der Waals surface area contributed by atoms with E-state index in [1.54, 1.807) is 0 Å². The Labute approximate surface area is 88.4 Å². The van der Waals surface area contributed by atoms with Gasteiger partial charge in [0.05, 0.1) is 0 Å². The lowest BCUT2D eigenvalue weighted by Crippen LogP contribution is -2.33. The summed E-state index contributed by atoms with van der Waals surface area (Å²) in [4.78, 5) is 32.3. The second-order valence-electron chi connectivity index (χ2n) is 2.92. The van der Waals surface area contributed by atoms with E-state index in [1.165, 1.54) is 6.92 Å². The van der Waals surface area contributed by atoms with Crippen molar-refractivity contribution >= 4 is 17.8 Å². The molecule has 0 saturated heterocycles. The first-order valence-corrected chi connectivity index (χ1v) is 4.73. The number of amides is 2. The van der Waals surface area contributed by atoms with Crippen LogP contribution < -0.4 is 10.6 Å². The highest BCUT2D eigenvalue weighted by Gasteiger charge is 2.06. The van der Waals surface area contributed by atoms with Gasteiger partial charge in [-0.2, -0.15) is 0 Å². The van der Waals surface area contributed by atoms with Gasteiger partial charge >= 0.3 is 5.97 Å². The molecule has 0 aromatic carbocycles. The zero-order valence-electron chi connectivity index (χ0n) is 8.96. The Hall–Kier alpha value is -1.59. The fourth-order valence-electron chi connectivity index (χ4n) is 0.709. The summed E-state index contributed by atoms with van der Waals surface area (Å²) in [5.74, 6) is -1.28. The molecule has 0 fully saturated rings. The second kappa shape index (κ2) is 7.78. The Balaban J connectivity index is 3.53. The van der Waals surface area contributed by atoms with E-state index in [0.29, 0.717) is 6.54 Å². The molecule has 6 nitrogen and oxygen atoms in total. The summed E-state index contributed by atoms with van der Waals surface area (Å²) in [6, 6.07) is 0. The average Bonchev–Trinajstić information content (AvgIpc) is 2.20. The first-order valence-electron chi connectivity index (χ1n) is 4.73. The summed E-state index contributed by atoms with van der Waals surface area (Å²) in [5.41, 5.74) is 0. The van der Waals surface area contributed by atoms with Gasteiger partial charge in [0.25, 0.3) is 5.91 Å². The van der Waals surface area contributed by atoms with E-state index in [0.717, 1.165) is 6.42 Å². The molecule has 6 heteroatoms. The lowest BCUT2D eigenvalue weighted by molar-refractivity contribution is -0.148. The van der Waals surface area contributed by atoms with Crippen molar-refractivity contribution in [1.82, 2.24) is 10.6 Å². The Kier molecular flexibility index (Phi) is 6.96. The first kappa shape index (κ1) is 13.4. The van der Waals surface area contributed by atoms with Crippen molar-refractivity contribution in [2.45, 2.75) is 20.3 Å². The summed E-state index contributed by atoms with van der Waals surface area (Å²) in [6.45, 7) is 3.25. The van der Waals surface area contributed by atoms with Gasteiger partial charge < -0.3 is 15.4 Å². The third kappa shape index (κ3) is 8.73. The molecular formula is C9H16N2O4. The maximum absolute atomic E-state index is 11.0. The molecule has 0 atom stereocenters. The van der Waals surface area contributed by atoms with Crippen LogP contribution in [0, 0.1) is 0 Å². The Morgan fingerprint density at radius 1 is 1.20 bits per heavy atom. The summed E-state index contributed by atoms with van der Waals surface area (Å²) in [6.07, 6.45) is 0.825. The lowest BCUT2D eigenvalue weighted by Gasteiger charge is -2.05. The molecule has 0 aliphatic carbocycles. The van der Waals surface area contributed by atoms with E-state index in [9.17, 15) is 14.4 Å². The number of esters is 1. The largest absolute Gasteiger partial charge is 0.454 e. The topological polar surface area (TPSA) is 84.5 Å². The second-order valence-corrected chi connectivity index (χ2v) is 2.92. The van der Waals surface area contributed by atoms with Crippen LogP contribution in [0.3, 0.4) is 0 Å². The molecule has 0 unspecified atom stereocenters. The van der Waals surface area contributed by atoms with Crippen molar-refractivity contribution in [2.75, 3.05) is 19.7 Å². The Bertz CT molecular complexity index is 240. The summed E-state index contributed by atoms with van der Waals surface area (Å²) < 4.78 is 4.59. The fraction of sp³-hybridized carbons (Fsp3) is 0.667. The zero-order chi connectivity index (χ0) is 11.7. The minimum absolute atomic E-state index is 0.212. The van der Waals surface area contributed by atoms with Crippen LogP contribution in [0.5, 0.6) is 0 Å². The molecule has 0 saturated carbocycles. The molecule has 0 bridgehead atoms. The minimum atomic E-state index is -0.628. The van der Waals surface area contributed by atoms with E-state index in [1.807, 2.05) is 6.92 Å². The van der Waals surface area contributed by atoms with Crippen LogP contribution in [-0.2, 0) is 19.1 Å². The molecular weight excluding hydrogens is 200 g/mol. The van der Waals surface area contributed by atoms with Crippen molar-refractivity contribution in [3.05, 3.63) is 0 Å². The molecule has 2 amide bonds. The van der Waals surface area contributed by atoms with E-state index >= 15 is 0 Å². The highest BCUT2D eigenvalue weighted by Crippen LogP contribution is 1.79. The minimum Gasteiger partial charge on any atom is -0.454 e. The molecule has 15 heavy (non-hydrogen) atoms. The van der Waals surface area contributed by atoms with Gasteiger partial charge in [0.1, 0.15) is 6.54 Å². The SMILES string of the molecule is CCCNC(=O)COC(=O)CNC(C)=O. The van der Waals surface area contributed by atoms with Crippen LogP contribution in [0.15, 0.2) is 0 Å². The van der Waals surface area contributed by atoms with Crippen LogP contribution in [0.25, 0.3) is 0 Å². The van der Waals surface area contributed by atoms with E-state index in [2.05, 4.69) is 15.4 Å². The molecule has 0 aliphatic heterocycles. The van der Waals surface area contributed by atoms with Crippen molar-refractivity contribution < 1.29 is 19.1 Å². The molecule has 0 aromatic heterocycles. The molecule has 0 rings (SSSR count). The van der Waals surface area contributed by atoms with E-state index < -0.39 is 5.97 Å². The standard InChI is InChI=1S/C9H16N2O4/c1-3-4-10-8(13)6-15-9(14)5-11-7(2)12/h3-6H2,1-2H3,(H,10,13)(H,11,12). The highest BCUT2D eigenvalue weighted by molar-refractivity contribution is 5.83. The smallest absolute Gasteiger partial charge is 0.325 e. The third-order valence-corrected chi connectivity index (χ3v) is 1.42. The van der Waals surface area contributed by atoms with Gasteiger partial charge in [-0.1, -0.05) is 6.92 Å². The van der Waals surface area contributed by atoms with E-state index in [-0.39, 0.29) is 25.0 Å². The molecule has 0 spiro atoms. The van der Waals surface area contributed by atoms with Gasteiger partial charge in [-0.15, -0.1) is 0 Å². The predicted molar refractivity (Wildman–Crippen MR) is 52.9 cm³/mol. The number of rotatable bonds is 6. The van der Waals surface area contributed by atoms with Crippen LogP contribution >= 0.6 is 0 Å². The van der Waals surface area contributed by atoms with Gasteiger partial charge in [-0.05, 0) is 6.42 Å². The molecule has 2 N–H and O–H groups in total. The number of hydrogen-bond acceptors (Lipinski definition) is 4. The average molecular weight is 216 g/mol. The van der Waals surface area contributed by atoms with Gasteiger partial charge in [-0.3, -0.25) is 14.4 Å². The molecule has 86 valence electrons. The van der Waals surface area contributed by atoms with E-state index in [4.69, 9.17) is 0 Å². The monoisotopic (exact) mass is 216 g/mol.